The number of nitrogens with zero attached hydrogens (tertiary/aromatic N) is 1. The quantitative estimate of drug-likeness (QED) is 0.899. The first-order chi connectivity index (χ1) is 10.8. The van der Waals surface area contributed by atoms with Crippen molar-refractivity contribution in [1.82, 2.24) is 5.16 Å². The third kappa shape index (κ3) is 3.33. The molecular formula is C14H13F2N3O4. The molecule has 1 aromatic carbocycles. The lowest BCUT2D eigenvalue weighted by Crippen LogP contribution is -2.31. The number of hydrogen-bond acceptors (Lipinski definition) is 6. The number of fused-ring (bicyclic) bond motifs is 1. The molecule has 3 rings (SSSR count). The number of carbonyl (C=O) groups excluding carboxylic acids is 1. The molecule has 7 nitrogen and oxygen atoms in total. The van der Waals surface area contributed by atoms with Gasteiger partial charge in [0.15, 0.2) is 17.3 Å². The van der Waals surface area contributed by atoms with Crippen LogP contribution in [0.3, 0.4) is 0 Å². The van der Waals surface area contributed by atoms with Crippen LogP contribution in [0, 0.1) is 6.92 Å². The Bertz CT molecular complexity index is 747. The molecule has 1 aliphatic heterocycles. The van der Waals surface area contributed by atoms with Crippen LogP contribution in [-0.2, 0) is 4.79 Å². The number of anilines is 2. The lowest BCUT2D eigenvalue weighted by atomic mass is 10.2. The minimum absolute atomic E-state index is 0.0595. The fourth-order valence-corrected chi connectivity index (χ4v) is 2.01. The van der Waals surface area contributed by atoms with Gasteiger partial charge >= 0.3 is 6.29 Å². The highest BCUT2D eigenvalue weighted by Crippen LogP contribution is 2.42. The highest BCUT2D eigenvalue weighted by atomic mass is 19.3. The van der Waals surface area contributed by atoms with Gasteiger partial charge in [0.1, 0.15) is 11.8 Å². The minimum Gasteiger partial charge on any atom is -0.395 e. The van der Waals surface area contributed by atoms with Crippen LogP contribution in [0.5, 0.6) is 11.5 Å². The van der Waals surface area contributed by atoms with Gasteiger partial charge in [-0.25, -0.2) is 0 Å². The molecule has 0 bridgehead atoms. The van der Waals surface area contributed by atoms with Gasteiger partial charge in [-0.2, -0.15) is 0 Å². The van der Waals surface area contributed by atoms with Crippen molar-refractivity contribution >= 4 is 17.4 Å². The Hall–Kier alpha value is -2.84. The van der Waals surface area contributed by atoms with Crippen molar-refractivity contribution in [3.63, 3.8) is 0 Å². The van der Waals surface area contributed by atoms with E-state index >= 15 is 0 Å². The average Bonchev–Trinajstić information content (AvgIpc) is 2.99. The summed E-state index contributed by atoms with van der Waals surface area (Å²) >= 11 is 0. The van der Waals surface area contributed by atoms with E-state index < -0.39 is 12.3 Å². The molecule has 0 saturated heterocycles. The summed E-state index contributed by atoms with van der Waals surface area (Å²) in [6, 6.07) is 5.11. The molecule has 1 aromatic heterocycles. The Morgan fingerprint density at radius 2 is 2.00 bits per heavy atom. The second kappa shape index (κ2) is 5.41. The average molecular weight is 325 g/mol. The van der Waals surface area contributed by atoms with E-state index in [1.54, 1.807) is 19.9 Å². The topological polar surface area (TPSA) is 85.6 Å². The van der Waals surface area contributed by atoms with Gasteiger partial charge < -0.3 is 24.6 Å². The zero-order valence-electron chi connectivity index (χ0n) is 12.2. The maximum Gasteiger partial charge on any atom is 0.586 e. The summed E-state index contributed by atoms with van der Waals surface area (Å²) in [5.74, 6) is 0.348. The summed E-state index contributed by atoms with van der Waals surface area (Å²) in [4.78, 5) is 12.0. The van der Waals surface area contributed by atoms with E-state index in [0.717, 1.165) is 0 Å². The first-order valence-corrected chi connectivity index (χ1v) is 6.73. The van der Waals surface area contributed by atoms with Crippen molar-refractivity contribution in [1.29, 1.82) is 0 Å². The summed E-state index contributed by atoms with van der Waals surface area (Å²) in [5, 5.41) is 9.09. The van der Waals surface area contributed by atoms with Gasteiger partial charge in [0, 0.05) is 17.8 Å². The van der Waals surface area contributed by atoms with Crippen LogP contribution in [-0.4, -0.2) is 23.4 Å². The number of hydrogen-bond donors (Lipinski definition) is 2. The zero-order chi connectivity index (χ0) is 16.6. The van der Waals surface area contributed by atoms with Crippen LogP contribution >= 0.6 is 0 Å². The van der Waals surface area contributed by atoms with Crippen LogP contribution in [0.4, 0.5) is 20.3 Å². The largest absolute Gasteiger partial charge is 0.586 e. The lowest BCUT2D eigenvalue weighted by Gasteiger charge is -2.14. The van der Waals surface area contributed by atoms with E-state index in [1.807, 2.05) is 0 Å². The Kier molecular flexibility index (Phi) is 3.55. The molecular weight excluding hydrogens is 312 g/mol. The number of alkyl halides is 2. The second-order valence-corrected chi connectivity index (χ2v) is 5.01. The highest BCUT2D eigenvalue weighted by molar-refractivity contribution is 5.95. The molecule has 2 aromatic rings. The van der Waals surface area contributed by atoms with Crippen LogP contribution in [0.25, 0.3) is 0 Å². The van der Waals surface area contributed by atoms with E-state index in [4.69, 9.17) is 4.52 Å². The van der Waals surface area contributed by atoms with Crippen LogP contribution in [0.2, 0.25) is 0 Å². The van der Waals surface area contributed by atoms with Crippen LogP contribution in [0.1, 0.15) is 12.7 Å². The van der Waals surface area contributed by atoms with Crippen molar-refractivity contribution < 1.29 is 27.6 Å². The second-order valence-electron chi connectivity index (χ2n) is 5.01. The molecule has 0 saturated carbocycles. The number of carbonyl (C=O) groups is 1. The molecule has 0 fully saturated rings. The van der Waals surface area contributed by atoms with Gasteiger partial charge in [-0.05, 0) is 26.0 Å². The Morgan fingerprint density at radius 3 is 2.70 bits per heavy atom. The predicted molar refractivity (Wildman–Crippen MR) is 75.6 cm³/mol. The normalized spacial score (nSPS) is 16.0. The van der Waals surface area contributed by atoms with E-state index in [-0.39, 0.29) is 17.4 Å². The van der Waals surface area contributed by atoms with E-state index in [2.05, 4.69) is 25.3 Å². The number of rotatable bonds is 4. The molecule has 23 heavy (non-hydrogen) atoms. The summed E-state index contributed by atoms with van der Waals surface area (Å²) in [5.41, 5.74) is 0.434. The Labute approximate surface area is 129 Å². The SMILES string of the molecule is Cc1cc(NC(=O)[C@H](C)Nc2ccc3c(c2)OC(F)(F)O3)no1. The molecule has 0 aliphatic carbocycles. The number of amides is 1. The van der Waals surface area contributed by atoms with Crippen molar-refractivity contribution in [2.45, 2.75) is 26.2 Å². The van der Waals surface area contributed by atoms with Crippen molar-refractivity contribution in [3.8, 4) is 11.5 Å². The molecule has 1 aliphatic rings. The summed E-state index contributed by atoms with van der Waals surface area (Å²) in [6.07, 6.45) is -3.67. The monoisotopic (exact) mass is 325 g/mol. The van der Waals surface area contributed by atoms with Gasteiger partial charge in [0.25, 0.3) is 0 Å². The minimum atomic E-state index is -3.67. The van der Waals surface area contributed by atoms with E-state index in [0.29, 0.717) is 17.3 Å². The molecule has 0 unspecified atom stereocenters. The molecule has 122 valence electrons. The van der Waals surface area contributed by atoms with Gasteiger partial charge in [0.05, 0.1) is 0 Å². The first-order valence-electron chi connectivity index (χ1n) is 6.73. The number of aryl methyl sites for hydroxylation is 1. The van der Waals surface area contributed by atoms with Gasteiger partial charge in [0.2, 0.25) is 5.91 Å². The predicted octanol–water partition coefficient (Wildman–Crippen LogP) is 2.74. The lowest BCUT2D eigenvalue weighted by molar-refractivity contribution is -0.286. The zero-order valence-corrected chi connectivity index (χ0v) is 12.2. The number of aromatic nitrogens is 1. The van der Waals surface area contributed by atoms with Gasteiger partial charge in [-0.3, -0.25) is 4.79 Å². The summed E-state index contributed by atoms with van der Waals surface area (Å²) in [7, 11) is 0. The molecule has 2 heterocycles. The molecule has 0 spiro atoms. The molecule has 1 amide bonds. The molecule has 2 N–H and O–H groups in total. The number of nitrogens with one attached hydrogen (secondary N) is 2. The van der Waals surface area contributed by atoms with Crippen molar-refractivity contribution in [3.05, 3.63) is 30.0 Å². The maximum absolute atomic E-state index is 13.0. The maximum atomic E-state index is 13.0. The molecule has 0 radical (unpaired) electrons. The van der Waals surface area contributed by atoms with E-state index in [1.165, 1.54) is 18.2 Å². The Balaban J connectivity index is 1.64. The first kappa shape index (κ1) is 15.1. The van der Waals surface area contributed by atoms with Gasteiger partial charge in [-0.1, -0.05) is 5.16 Å². The fourth-order valence-electron chi connectivity index (χ4n) is 2.01. The standard InChI is InChI=1S/C14H13F2N3O4/c1-7-5-12(19-23-7)18-13(20)8(2)17-9-3-4-10-11(6-9)22-14(15,16)21-10/h3-6,8,17H,1-2H3,(H,18,19,20)/t8-/m0/s1. The number of benzene rings is 1. The smallest absolute Gasteiger partial charge is 0.395 e. The number of halogens is 2. The van der Waals surface area contributed by atoms with Crippen LogP contribution in [0.15, 0.2) is 28.8 Å². The Morgan fingerprint density at radius 1 is 1.26 bits per heavy atom. The molecule has 9 heteroatoms. The summed E-state index contributed by atoms with van der Waals surface area (Å²) < 4.78 is 39.4. The summed E-state index contributed by atoms with van der Waals surface area (Å²) in [6.45, 7) is 3.31. The fraction of sp³-hybridized carbons (Fsp3) is 0.286. The third-order valence-electron chi connectivity index (χ3n) is 3.06. The number of ether oxygens (including phenoxy) is 2. The van der Waals surface area contributed by atoms with Gasteiger partial charge in [-0.15, -0.1) is 8.78 Å². The van der Waals surface area contributed by atoms with E-state index in [9.17, 15) is 13.6 Å². The van der Waals surface area contributed by atoms with Crippen LogP contribution < -0.4 is 20.1 Å². The van der Waals surface area contributed by atoms with Crippen molar-refractivity contribution in [2.75, 3.05) is 10.6 Å². The molecule has 1 atom stereocenters. The highest BCUT2D eigenvalue weighted by Gasteiger charge is 2.43. The third-order valence-corrected chi connectivity index (χ3v) is 3.06. The van der Waals surface area contributed by atoms with Crippen molar-refractivity contribution in [2.24, 2.45) is 0 Å².